The molecule has 0 saturated carbocycles. The van der Waals surface area contributed by atoms with Crippen molar-refractivity contribution in [2.75, 3.05) is 77.0 Å². The monoisotopic (exact) mass is 386 g/mol. The topological polar surface area (TPSA) is 56.3 Å². The van der Waals surface area contributed by atoms with E-state index in [-0.39, 0.29) is 11.8 Å². The molecule has 3 heterocycles. The van der Waals surface area contributed by atoms with Crippen molar-refractivity contribution >= 4 is 17.5 Å². The Morgan fingerprint density at radius 3 is 2.29 bits per heavy atom. The Hall–Kier alpha value is -2.12. The Morgan fingerprint density at radius 1 is 0.821 bits per heavy atom. The van der Waals surface area contributed by atoms with Crippen molar-refractivity contribution in [3.63, 3.8) is 0 Å². The highest BCUT2D eigenvalue weighted by Crippen LogP contribution is 2.26. The summed E-state index contributed by atoms with van der Waals surface area (Å²) >= 11 is 0. The van der Waals surface area contributed by atoms with Gasteiger partial charge >= 0.3 is 0 Å². The van der Waals surface area contributed by atoms with Gasteiger partial charge in [-0.25, -0.2) is 0 Å². The fourth-order valence-electron chi connectivity index (χ4n) is 4.30. The summed E-state index contributed by atoms with van der Waals surface area (Å²) in [5.41, 5.74) is 2.55. The zero-order valence-corrected chi connectivity index (χ0v) is 16.5. The minimum atomic E-state index is 0.174. The van der Waals surface area contributed by atoms with E-state index in [2.05, 4.69) is 28.0 Å². The Labute approximate surface area is 166 Å². The summed E-state index contributed by atoms with van der Waals surface area (Å²) in [5, 5.41) is 0. The number of morpholine rings is 1. The van der Waals surface area contributed by atoms with Crippen LogP contribution in [0.15, 0.2) is 24.3 Å². The fraction of sp³-hybridized carbons (Fsp3) is 0.619. The standard InChI is InChI=1S/C21H30N4O3/c26-20(24-12-14-28-15-13-24)16-22-8-10-23(11-9-22)21(27)17-25-7-3-5-18-4-1-2-6-19(18)25/h1-2,4,6H,3,5,7-17H2. The molecule has 152 valence electrons. The molecule has 28 heavy (non-hydrogen) atoms. The number of hydrogen-bond donors (Lipinski definition) is 0. The molecule has 2 saturated heterocycles. The number of anilines is 1. The van der Waals surface area contributed by atoms with Gasteiger partial charge in [0.25, 0.3) is 0 Å². The van der Waals surface area contributed by atoms with E-state index < -0.39 is 0 Å². The van der Waals surface area contributed by atoms with Crippen molar-refractivity contribution in [3.05, 3.63) is 29.8 Å². The van der Waals surface area contributed by atoms with E-state index in [0.29, 0.717) is 52.5 Å². The third-order valence-corrected chi connectivity index (χ3v) is 5.98. The maximum Gasteiger partial charge on any atom is 0.242 e. The average molecular weight is 386 g/mol. The van der Waals surface area contributed by atoms with E-state index in [1.165, 1.54) is 11.3 Å². The van der Waals surface area contributed by atoms with Gasteiger partial charge in [-0.15, -0.1) is 0 Å². The largest absolute Gasteiger partial charge is 0.378 e. The molecule has 7 nitrogen and oxygen atoms in total. The number of hydrogen-bond acceptors (Lipinski definition) is 5. The molecule has 2 amide bonds. The Morgan fingerprint density at radius 2 is 1.50 bits per heavy atom. The van der Waals surface area contributed by atoms with Crippen molar-refractivity contribution in [2.45, 2.75) is 12.8 Å². The number of carbonyl (C=O) groups excluding carboxylic acids is 2. The number of nitrogens with zero attached hydrogens (tertiary/aromatic N) is 4. The van der Waals surface area contributed by atoms with Crippen LogP contribution >= 0.6 is 0 Å². The summed E-state index contributed by atoms with van der Waals surface area (Å²) in [7, 11) is 0. The quantitative estimate of drug-likeness (QED) is 0.752. The van der Waals surface area contributed by atoms with Crippen LogP contribution in [0.2, 0.25) is 0 Å². The third-order valence-electron chi connectivity index (χ3n) is 5.98. The van der Waals surface area contributed by atoms with Crippen molar-refractivity contribution in [1.82, 2.24) is 14.7 Å². The second-order valence-corrected chi connectivity index (χ2v) is 7.80. The first kappa shape index (κ1) is 19.2. The molecule has 3 aliphatic rings. The van der Waals surface area contributed by atoms with Crippen LogP contribution in [0, 0.1) is 0 Å². The van der Waals surface area contributed by atoms with Gasteiger partial charge in [0.1, 0.15) is 0 Å². The van der Waals surface area contributed by atoms with E-state index in [0.717, 1.165) is 32.5 Å². The Bertz CT molecular complexity index is 697. The fourth-order valence-corrected chi connectivity index (χ4v) is 4.30. The smallest absolute Gasteiger partial charge is 0.242 e. The second-order valence-electron chi connectivity index (χ2n) is 7.80. The van der Waals surface area contributed by atoms with Crippen LogP contribution in [0.3, 0.4) is 0 Å². The SMILES string of the molecule is O=C(CN1CCN(C(=O)CN2CCCc3ccccc32)CC1)N1CCOCC1. The summed E-state index contributed by atoms with van der Waals surface area (Å²) in [6, 6.07) is 8.40. The highest BCUT2D eigenvalue weighted by Gasteiger charge is 2.27. The number of aryl methyl sites for hydroxylation is 1. The molecule has 0 spiro atoms. The van der Waals surface area contributed by atoms with Gasteiger partial charge in [0.2, 0.25) is 11.8 Å². The predicted molar refractivity (Wildman–Crippen MR) is 107 cm³/mol. The van der Waals surface area contributed by atoms with Gasteiger partial charge in [0.15, 0.2) is 0 Å². The number of piperazine rings is 1. The molecular formula is C21H30N4O3. The van der Waals surface area contributed by atoms with Crippen LogP contribution in [0.1, 0.15) is 12.0 Å². The molecule has 2 fully saturated rings. The Kier molecular flexibility index (Phi) is 6.12. The van der Waals surface area contributed by atoms with E-state index >= 15 is 0 Å². The molecule has 1 aromatic carbocycles. The van der Waals surface area contributed by atoms with Crippen molar-refractivity contribution in [2.24, 2.45) is 0 Å². The van der Waals surface area contributed by atoms with E-state index in [1.54, 1.807) is 0 Å². The summed E-state index contributed by atoms with van der Waals surface area (Å²) in [4.78, 5) is 33.4. The molecule has 0 aliphatic carbocycles. The first-order valence-corrected chi connectivity index (χ1v) is 10.4. The molecule has 1 aromatic rings. The number of fused-ring (bicyclic) bond motifs is 1. The molecule has 0 unspecified atom stereocenters. The summed E-state index contributed by atoms with van der Waals surface area (Å²) in [6.45, 7) is 7.40. The molecule has 3 aliphatic heterocycles. The van der Waals surface area contributed by atoms with Crippen molar-refractivity contribution in [3.8, 4) is 0 Å². The first-order valence-electron chi connectivity index (χ1n) is 10.4. The minimum absolute atomic E-state index is 0.174. The Balaban J connectivity index is 1.25. The van der Waals surface area contributed by atoms with Gasteiger partial charge in [0, 0.05) is 51.5 Å². The van der Waals surface area contributed by atoms with Crippen LogP contribution in [-0.2, 0) is 20.7 Å². The maximum absolute atomic E-state index is 12.8. The van der Waals surface area contributed by atoms with E-state index in [4.69, 9.17) is 4.74 Å². The number of para-hydroxylation sites is 1. The lowest BCUT2D eigenvalue weighted by Gasteiger charge is -2.38. The molecular weight excluding hydrogens is 356 g/mol. The number of amides is 2. The van der Waals surface area contributed by atoms with Crippen LogP contribution in [-0.4, -0.2) is 98.6 Å². The van der Waals surface area contributed by atoms with Crippen molar-refractivity contribution < 1.29 is 14.3 Å². The summed E-state index contributed by atoms with van der Waals surface area (Å²) in [5.74, 6) is 0.365. The second kappa shape index (κ2) is 8.92. The third kappa shape index (κ3) is 4.47. The van der Waals surface area contributed by atoms with Crippen LogP contribution < -0.4 is 4.90 Å². The normalized spacial score (nSPS) is 20.8. The highest BCUT2D eigenvalue weighted by molar-refractivity contribution is 5.82. The van der Waals surface area contributed by atoms with E-state index in [9.17, 15) is 9.59 Å². The van der Waals surface area contributed by atoms with Gasteiger partial charge in [-0.05, 0) is 24.5 Å². The molecule has 0 N–H and O–H groups in total. The van der Waals surface area contributed by atoms with E-state index in [1.807, 2.05) is 15.9 Å². The predicted octanol–water partition coefficient (Wildman–Crippen LogP) is 0.442. The van der Waals surface area contributed by atoms with Gasteiger partial charge in [-0.2, -0.15) is 0 Å². The lowest BCUT2D eigenvalue weighted by Crippen LogP contribution is -2.54. The zero-order chi connectivity index (χ0) is 19.3. The van der Waals surface area contributed by atoms with Crippen LogP contribution in [0.25, 0.3) is 0 Å². The molecule has 0 atom stereocenters. The highest BCUT2D eigenvalue weighted by atomic mass is 16.5. The number of benzene rings is 1. The molecule has 0 aromatic heterocycles. The summed E-state index contributed by atoms with van der Waals surface area (Å²) in [6.07, 6.45) is 2.19. The lowest BCUT2D eigenvalue weighted by atomic mass is 10.0. The number of carbonyl (C=O) groups is 2. The number of rotatable bonds is 4. The lowest BCUT2D eigenvalue weighted by molar-refractivity contribution is -0.137. The number of ether oxygens (including phenoxy) is 1. The summed E-state index contributed by atoms with van der Waals surface area (Å²) < 4.78 is 5.31. The molecule has 0 radical (unpaired) electrons. The van der Waals surface area contributed by atoms with Gasteiger partial charge < -0.3 is 19.4 Å². The van der Waals surface area contributed by atoms with Crippen LogP contribution in [0.4, 0.5) is 5.69 Å². The van der Waals surface area contributed by atoms with Gasteiger partial charge in [-0.3, -0.25) is 14.5 Å². The van der Waals surface area contributed by atoms with Crippen molar-refractivity contribution in [1.29, 1.82) is 0 Å². The molecule has 7 heteroatoms. The maximum atomic E-state index is 12.8. The van der Waals surface area contributed by atoms with Crippen LogP contribution in [0.5, 0.6) is 0 Å². The minimum Gasteiger partial charge on any atom is -0.378 e. The van der Waals surface area contributed by atoms with Gasteiger partial charge in [-0.1, -0.05) is 18.2 Å². The molecule has 0 bridgehead atoms. The zero-order valence-electron chi connectivity index (χ0n) is 16.5. The average Bonchev–Trinajstić information content (AvgIpc) is 2.75. The van der Waals surface area contributed by atoms with Gasteiger partial charge in [0.05, 0.1) is 26.3 Å². The molecule has 4 rings (SSSR count). The first-order chi connectivity index (χ1) is 13.7.